The minimum Gasteiger partial charge on any atom is -0.478 e. The Balaban J connectivity index is 1.80. The monoisotopic (exact) mass is 346 g/mol. The van der Waals surface area contributed by atoms with Gasteiger partial charge in [-0.1, -0.05) is 25.0 Å². The number of rotatable bonds is 7. The highest BCUT2D eigenvalue weighted by Gasteiger charge is 2.24. The van der Waals surface area contributed by atoms with E-state index < -0.39 is 5.97 Å². The molecule has 1 fully saturated rings. The van der Waals surface area contributed by atoms with Gasteiger partial charge in [0.05, 0.1) is 5.56 Å². The van der Waals surface area contributed by atoms with E-state index in [9.17, 15) is 14.4 Å². The second-order valence-corrected chi connectivity index (χ2v) is 6.85. The number of benzene rings is 1. The molecule has 0 bridgehead atoms. The molecule has 1 aliphatic carbocycles. The number of amides is 2. The van der Waals surface area contributed by atoms with Crippen molar-refractivity contribution < 1.29 is 19.5 Å². The third-order valence-electron chi connectivity index (χ3n) is 4.64. The van der Waals surface area contributed by atoms with Gasteiger partial charge in [-0.05, 0) is 37.5 Å². The molecule has 25 heavy (non-hydrogen) atoms. The Morgan fingerprint density at radius 3 is 2.36 bits per heavy atom. The van der Waals surface area contributed by atoms with Crippen LogP contribution in [-0.4, -0.2) is 40.9 Å². The average molecular weight is 346 g/mol. The lowest BCUT2D eigenvalue weighted by molar-refractivity contribution is -0.131. The highest BCUT2D eigenvalue weighted by molar-refractivity contribution is 5.87. The maximum absolute atomic E-state index is 12.3. The van der Waals surface area contributed by atoms with Crippen LogP contribution in [0, 0.1) is 5.92 Å². The number of nitrogens with zero attached hydrogens (tertiary/aromatic N) is 1. The minimum atomic E-state index is -0.970. The molecule has 0 saturated heterocycles. The van der Waals surface area contributed by atoms with Crippen LogP contribution in [0.1, 0.15) is 54.9 Å². The molecule has 0 radical (unpaired) electrons. The van der Waals surface area contributed by atoms with E-state index >= 15 is 0 Å². The molecule has 1 unspecified atom stereocenters. The predicted octanol–water partition coefficient (Wildman–Crippen LogP) is 2.43. The summed E-state index contributed by atoms with van der Waals surface area (Å²) in [6, 6.07) is 6.27. The summed E-state index contributed by atoms with van der Waals surface area (Å²) < 4.78 is 0. The van der Waals surface area contributed by atoms with Crippen LogP contribution < -0.4 is 5.32 Å². The molecule has 0 heterocycles. The van der Waals surface area contributed by atoms with E-state index in [1.807, 2.05) is 6.92 Å². The van der Waals surface area contributed by atoms with Gasteiger partial charge >= 0.3 is 5.97 Å². The summed E-state index contributed by atoms with van der Waals surface area (Å²) in [6.45, 7) is 2.25. The summed E-state index contributed by atoms with van der Waals surface area (Å²) in [5.74, 6) is -0.864. The van der Waals surface area contributed by atoms with Crippen molar-refractivity contribution in [3.63, 3.8) is 0 Å². The maximum atomic E-state index is 12.3. The zero-order valence-corrected chi connectivity index (χ0v) is 14.8. The fourth-order valence-electron chi connectivity index (χ4n) is 3.13. The van der Waals surface area contributed by atoms with Gasteiger partial charge in [0.1, 0.15) is 0 Å². The number of nitrogens with one attached hydrogen (secondary N) is 1. The Hall–Kier alpha value is -2.37. The topological polar surface area (TPSA) is 86.7 Å². The van der Waals surface area contributed by atoms with E-state index in [2.05, 4.69) is 5.32 Å². The molecule has 1 saturated carbocycles. The second kappa shape index (κ2) is 8.65. The van der Waals surface area contributed by atoms with Gasteiger partial charge in [-0.2, -0.15) is 0 Å². The highest BCUT2D eigenvalue weighted by Crippen LogP contribution is 2.24. The lowest BCUT2D eigenvalue weighted by Gasteiger charge is -2.21. The van der Waals surface area contributed by atoms with Crippen LogP contribution in [0.3, 0.4) is 0 Å². The molecule has 1 aromatic carbocycles. The van der Waals surface area contributed by atoms with E-state index in [1.165, 1.54) is 12.1 Å². The van der Waals surface area contributed by atoms with Crippen molar-refractivity contribution in [1.82, 2.24) is 10.2 Å². The Kier molecular flexibility index (Phi) is 6.56. The Bertz CT molecular complexity index is 621. The van der Waals surface area contributed by atoms with Gasteiger partial charge in [-0.25, -0.2) is 4.79 Å². The molecule has 0 aromatic heterocycles. The fraction of sp³-hybridized carbons (Fsp3) is 0.526. The van der Waals surface area contributed by atoms with Crippen molar-refractivity contribution in [2.45, 2.75) is 51.6 Å². The maximum Gasteiger partial charge on any atom is 0.335 e. The summed E-state index contributed by atoms with van der Waals surface area (Å²) in [6.07, 6.45) is 4.35. The molecule has 2 N–H and O–H groups in total. The van der Waals surface area contributed by atoms with Crippen LogP contribution in [0.4, 0.5) is 0 Å². The molecule has 0 spiro atoms. The lowest BCUT2D eigenvalue weighted by atomic mass is 10.1. The summed E-state index contributed by atoms with van der Waals surface area (Å²) in [4.78, 5) is 36.9. The Labute approximate surface area is 148 Å². The number of carboxylic acids is 1. The molecule has 6 heteroatoms. The van der Waals surface area contributed by atoms with Crippen molar-refractivity contribution >= 4 is 17.8 Å². The fourth-order valence-corrected chi connectivity index (χ4v) is 3.13. The predicted molar refractivity (Wildman–Crippen MR) is 94.1 cm³/mol. The standard InChI is InChI=1S/C19H26N2O4/c1-13(20-18(23)15-5-3-4-6-15)11-17(22)21(2)12-14-7-9-16(10-8-14)19(24)25/h7-10,13,15H,3-6,11-12H2,1-2H3,(H,20,23)(H,24,25). The molecule has 1 aliphatic rings. The molecule has 1 aromatic rings. The number of carbonyl (C=O) groups is 3. The van der Waals surface area contributed by atoms with Crippen molar-refractivity contribution in [2.75, 3.05) is 7.05 Å². The first-order valence-corrected chi connectivity index (χ1v) is 8.73. The first-order chi connectivity index (χ1) is 11.9. The SMILES string of the molecule is CC(CC(=O)N(C)Cc1ccc(C(=O)O)cc1)NC(=O)C1CCCC1. The summed E-state index contributed by atoms with van der Waals surface area (Å²) >= 11 is 0. The third kappa shape index (κ3) is 5.59. The van der Waals surface area contributed by atoms with Gasteiger partial charge in [0.2, 0.25) is 11.8 Å². The number of aromatic carboxylic acids is 1. The van der Waals surface area contributed by atoms with Crippen molar-refractivity contribution in [3.8, 4) is 0 Å². The van der Waals surface area contributed by atoms with Crippen LogP contribution in [0.5, 0.6) is 0 Å². The minimum absolute atomic E-state index is 0.0541. The molecule has 1 atom stereocenters. The van der Waals surface area contributed by atoms with Crippen LogP contribution >= 0.6 is 0 Å². The van der Waals surface area contributed by atoms with E-state index in [4.69, 9.17) is 5.11 Å². The molecule has 2 amide bonds. The van der Waals surface area contributed by atoms with E-state index in [1.54, 1.807) is 24.1 Å². The largest absolute Gasteiger partial charge is 0.478 e. The zero-order valence-electron chi connectivity index (χ0n) is 14.8. The number of hydrogen-bond acceptors (Lipinski definition) is 3. The van der Waals surface area contributed by atoms with E-state index in [-0.39, 0.29) is 35.8 Å². The van der Waals surface area contributed by atoms with Crippen LogP contribution in [0.25, 0.3) is 0 Å². The van der Waals surface area contributed by atoms with Crippen molar-refractivity contribution in [1.29, 1.82) is 0 Å². The lowest BCUT2D eigenvalue weighted by Crippen LogP contribution is -2.40. The van der Waals surface area contributed by atoms with Crippen LogP contribution in [0.15, 0.2) is 24.3 Å². The Morgan fingerprint density at radius 1 is 1.20 bits per heavy atom. The Morgan fingerprint density at radius 2 is 1.80 bits per heavy atom. The normalized spacial score (nSPS) is 15.6. The van der Waals surface area contributed by atoms with Crippen LogP contribution in [0.2, 0.25) is 0 Å². The molecule has 136 valence electrons. The van der Waals surface area contributed by atoms with Gasteiger partial charge < -0.3 is 15.3 Å². The third-order valence-corrected chi connectivity index (χ3v) is 4.64. The van der Waals surface area contributed by atoms with E-state index in [0.717, 1.165) is 31.2 Å². The van der Waals surface area contributed by atoms with Gasteiger partial charge in [0, 0.05) is 32.0 Å². The van der Waals surface area contributed by atoms with Gasteiger partial charge in [-0.3, -0.25) is 9.59 Å². The smallest absolute Gasteiger partial charge is 0.335 e. The molecule has 6 nitrogen and oxygen atoms in total. The summed E-state index contributed by atoms with van der Waals surface area (Å²) in [5, 5.41) is 11.8. The molecular weight excluding hydrogens is 320 g/mol. The number of carbonyl (C=O) groups excluding carboxylic acids is 2. The molecular formula is C19H26N2O4. The summed E-state index contributed by atoms with van der Waals surface area (Å²) in [5.41, 5.74) is 1.09. The highest BCUT2D eigenvalue weighted by atomic mass is 16.4. The van der Waals surface area contributed by atoms with Crippen molar-refractivity contribution in [2.24, 2.45) is 5.92 Å². The van der Waals surface area contributed by atoms with Gasteiger partial charge in [0.25, 0.3) is 0 Å². The number of hydrogen-bond donors (Lipinski definition) is 2. The molecule has 2 rings (SSSR count). The summed E-state index contributed by atoms with van der Waals surface area (Å²) in [7, 11) is 1.71. The van der Waals surface area contributed by atoms with Gasteiger partial charge in [-0.15, -0.1) is 0 Å². The molecule has 0 aliphatic heterocycles. The first kappa shape index (κ1) is 19.0. The van der Waals surface area contributed by atoms with E-state index in [0.29, 0.717) is 6.54 Å². The average Bonchev–Trinajstić information content (AvgIpc) is 3.09. The zero-order chi connectivity index (χ0) is 18.4. The second-order valence-electron chi connectivity index (χ2n) is 6.85. The first-order valence-electron chi connectivity index (χ1n) is 8.73. The van der Waals surface area contributed by atoms with Crippen LogP contribution in [-0.2, 0) is 16.1 Å². The van der Waals surface area contributed by atoms with Crippen molar-refractivity contribution in [3.05, 3.63) is 35.4 Å². The number of carboxylic acid groups (broad SMARTS) is 1. The quantitative estimate of drug-likeness (QED) is 0.794. The van der Waals surface area contributed by atoms with Gasteiger partial charge in [0.15, 0.2) is 0 Å².